The standard InChI is InChI=1S/C19H13BF2IN6O/c20-23-7-29-18(24-8-25-29)15-16(9-1-3-10(21)4-2-9)26-13-6-11(22)5-12-14(13)17(15)27-28-19(12)30/h1-6,8,15-16,26H,7H2,(H,28,30)/q-1/t15-,16?/m1/s1. The van der Waals surface area contributed by atoms with Gasteiger partial charge in [0, 0.05) is 0 Å². The molecule has 4 aromatic rings. The second kappa shape index (κ2) is 7.45. The molecule has 2 aromatic carbocycles. The van der Waals surface area contributed by atoms with Gasteiger partial charge in [-0.25, -0.2) is 0 Å². The number of rotatable bonds is 4. The van der Waals surface area contributed by atoms with Crippen LogP contribution in [-0.4, -0.2) is 30.7 Å². The van der Waals surface area contributed by atoms with Gasteiger partial charge >= 0.3 is 181 Å². The van der Waals surface area contributed by atoms with Crippen molar-refractivity contribution in [3.05, 3.63) is 81.8 Å². The van der Waals surface area contributed by atoms with Crippen molar-refractivity contribution in [2.75, 3.05) is 5.32 Å². The van der Waals surface area contributed by atoms with E-state index in [4.69, 9.17) is 5.70 Å². The number of hydrogen-bond acceptors (Lipinski definition) is 5. The van der Waals surface area contributed by atoms with E-state index in [2.05, 4.69) is 25.6 Å². The number of nitrogens with one attached hydrogen (secondary N) is 2. The topological polar surface area (TPSA) is 88.5 Å². The molecule has 150 valence electrons. The molecule has 1 unspecified atom stereocenters. The van der Waals surface area contributed by atoms with Crippen LogP contribution in [0.25, 0.3) is 10.8 Å². The number of hydrogen-bond donors (Lipinski definition) is 2. The molecule has 0 saturated heterocycles. The van der Waals surface area contributed by atoms with E-state index in [0.29, 0.717) is 27.1 Å². The fourth-order valence-electron chi connectivity index (χ4n) is 3.93. The van der Waals surface area contributed by atoms with Crippen LogP contribution in [-0.2, 0) is 4.55 Å². The minimum atomic E-state index is -0.604. The first-order chi connectivity index (χ1) is 14.6. The van der Waals surface area contributed by atoms with E-state index < -0.39 is 44.3 Å². The summed E-state index contributed by atoms with van der Waals surface area (Å²) in [6, 6.07) is 8.11. The van der Waals surface area contributed by atoms with Crippen molar-refractivity contribution in [1.29, 1.82) is 0 Å². The van der Waals surface area contributed by atoms with Crippen molar-refractivity contribution >= 4 is 22.2 Å². The van der Waals surface area contributed by atoms with E-state index in [1.807, 2.05) is 0 Å². The number of alkyl halides is 1. The summed E-state index contributed by atoms with van der Waals surface area (Å²) >= 11 is -0.604. The Bertz CT molecular complexity index is 1310. The van der Waals surface area contributed by atoms with E-state index in [1.165, 1.54) is 30.6 Å². The van der Waals surface area contributed by atoms with Crippen molar-refractivity contribution in [3.63, 3.8) is 0 Å². The summed E-state index contributed by atoms with van der Waals surface area (Å²) < 4.78 is 30.1. The first-order valence-corrected chi connectivity index (χ1v) is 11.7. The van der Waals surface area contributed by atoms with Crippen LogP contribution in [0.3, 0.4) is 0 Å². The predicted octanol–water partition coefficient (Wildman–Crippen LogP) is -0.778. The summed E-state index contributed by atoms with van der Waals surface area (Å²) in [6.45, 7) is 0. The molecule has 2 radical (unpaired) electrons. The molecule has 0 amide bonds. The van der Waals surface area contributed by atoms with Crippen molar-refractivity contribution in [3.8, 4) is 0 Å². The van der Waals surface area contributed by atoms with Crippen LogP contribution in [0.1, 0.15) is 29.0 Å². The Morgan fingerprint density at radius 3 is 2.73 bits per heavy atom. The zero-order valence-electron chi connectivity index (χ0n) is 15.3. The van der Waals surface area contributed by atoms with Crippen molar-refractivity contribution in [2.24, 2.45) is 0 Å². The van der Waals surface area contributed by atoms with Gasteiger partial charge in [-0.15, -0.1) is 0 Å². The molecule has 0 spiro atoms. The van der Waals surface area contributed by atoms with E-state index in [9.17, 15) is 13.6 Å². The van der Waals surface area contributed by atoms with Crippen LogP contribution < -0.4 is 31.9 Å². The van der Waals surface area contributed by atoms with Crippen LogP contribution in [0.15, 0.2) is 47.5 Å². The molecule has 11 heteroatoms. The average Bonchev–Trinajstić information content (AvgIpc) is 3.18. The molecule has 30 heavy (non-hydrogen) atoms. The monoisotopic (exact) mass is 517 g/mol. The molecule has 0 aliphatic carbocycles. The number of anilines is 1. The molecule has 1 aliphatic heterocycles. The fourth-order valence-corrected chi connectivity index (χ4v) is 4.82. The Balaban J connectivity index is 1.80. The maximum atomic E-state index is 14.2. The summed E-state index contributed by atoms with van der Waals surface area (Å²) in [4.78, 5) is 16.8. The summed E-state index contributed by atoms with van der Waals surface area (Å²) in [6.07, 6.45) is 1.44. The van der Waals surface area contributed by atoms with Crippen molar-refractivity contribution in [1.82, 2.24) is 25.0 Å². The number of nitrogens with zero attached hydrogens (tertiary/aromatic N) is 4. The Morgan fingerprint density at radius 1 is 1.17 bits per heavy atom. The third-order valence-electron chi connectivity index (χ3n) is 5.16. The van der Waals surface area contributed by atoms with Gasteiger partial charge in [-0.2, -0.15) is 0 Å². The molecule has 0 fully saturated rings. The van der Waals surface area contributed by atoms with E-state index in [1.54, 1.807) is 16.8 Å². The molecule has 5 rings (SSSR count). The number of H-pyrrole nitrogens is 1. The zero-order valence-corrected chi connectivity index (χ0v) is 17.5. The van der Waals surface area contributed by atoms with Gasteiger partial charge in [0.25, 0.3) is 0 Å². The molecule has 0 saturated carbocycles. The molecule has 0 bridgehead atoms. The number of benzene rings is 2. The van der Waals surface area contributed by atoms with Crippen LogP contribution in [0.5, 0.6) is 0 Å². The van der Waals surface area contributed by atoms with Crippen LogP contribution in [0.4, 0.5) is 14.5 Å². The van der Waals surface area contributed by atoms with E-state index in [0.717, 1.165) is 5.56 Å². The number of halogens is 3. The molecule has 2 atom stereocenters. The predicted molar refractivity (Wildman–Crippen MR) is 103 cm³/mol. The molecule has 1 aliphatic rings. The summed E-state index contributed by atoms with van der Waals surface area (Å²) in [5.41, 5.74) is 7.09. The van der Waals surface area contributed by atoms with Gasteiger partial charge in [0.1, 0.15) is 0 Å². The molecule has 3 heterocycles. The molecular weight excluding hydrogens is 504 g/mol. The van der Waals surface area contributed by atoms with Gasteiger partial charge in [0.15, 0.2) is 0 Å². The van der Waals surface area contributed by atoms with Gasteiger partial charge in [-0.05, 0) is 0 Å². The number of aromatic amines is 1. The first-order valence-electron chi connectivity index (χ1n) is 8.96. The van der Waals surface area contributed by atoms with Gasteiger partial charge in [-0.3, -0.25) is 0 Å². The molecule has 2 aromatic heterocycles. The second-order valence-corrected chi connectivity index (χ2v) is 8.42. The second-order valence-electron chi connectivity index (χ2n) is 6.86. The third-order valence-corrected chi connectivity index (χ3v) is 6.20. The fraction of sp³-hybridized carbons (Fsp3) is 0.158. The van der Waals surface area contributed by atoms with Gasteiger partial charge < -0.3 is 0 Å². The summed E-state index contributed by atoms with van der Waals surface area (Å²) in [5.74, 6) is -0.762. The molecule has 2 N–H and O–H groups in total. The van der Waals surface area contributed by atoms with E-state index >= 15 is 0 Å². The van der Waals surface area contributed by atoms with Gasteiger partial charge in [-0.1, -0.05) is 0 Å². The summed E-state index contributed by atoms with van der Waals surface area (Å²) in [7, 11) is 0. The van der Waals surface area contributed by atoms with E-state index in [-0.39, 0.29) is 11.2 Å². The van der Waals surface area contributed by atoms with Crippen molar-refractivity contribution < 1.29 is 29.8 Å². The Labute approximate surface area is 180 Å². The SMILES string of the molecule is [B][I-]Cn1ncnc1[C@H]1c2n[nH]c(=O)c3cc(F)cc(c23)NC1c1ccc(F)cc1. The normalized spacial score (nSPS) is 17.9. The minimum absolute atomic E-state index is 0.197. The quantitative estimate of drug-likeness (QED) is 0.211. The maximum absolute atomic E-state index is 14.2. The van der Waals surface area contributed by atoms with Gasteiger partial charge in [0.2, 0.25) is 0 Å². The molecular formula is C19H13BF2IN6O-. The third kappa shape index (κ3) is 3.07. The Kier molecular flexibility index (Phi) is 4.76. The first kappa shape index (κ1) is 19.2. The van der Waals surface area contributed by atoms with Crippen LogP contribution in [0, 0.1) is 11.6 Å². The Hall–Kier alpha value is -2.83. The summed E-state index contributed by atoms with van der Waals surface area (Å²) in [5, 5.41) is 15.1. The zero-order chi connectivity index (χ0) is 20.8. The Morgan fingerprint density at radius 2 is 1.97 bits per heavy atom. The van der Waals surface area contributed by atoms with Crippen LogP contribution >= 0.6 is 0 Å². The van der Waals surface area contributed by atoms with Crippen LogP contribution in [0.2, 0.25) is 0 Å². The average molecular weight is 517 g/mol. The van der Waals surface area contributed by atoms with Crippen molar-refractivity contribution in [2.45, 2.75) is 16.5 Å². The van der Waals surface area contributed by atoms with Gasteiger partial charge in [0.05, 0.1) is 0 Å². The number of aromatic nitrogens is 5. The molecule has 7 nitrogen and oxygen atoms in total.